The standard InChI is InChI=1S/C15H19F11O2/c16-11(17,7-3-1-4-8-27-10-6-2-5-9-28-10)12(18,19)13(20,21)14(22,23)15(24,25)26/h10H,1-9H2. The Morgan fingerprint density at radius 3 is 1.82 bits per heavy atom. The molecule has 0 N–H and O–H groups in total. The SMILES string of the molecule is FC(F)(F)C(F)(F)C(F)(F)C(F)(F)C(F)(F)CCCCCOC1CCCCO1. The summed E-state index contributed by atoms with van der Waals surface area (Å²) in [7, 11) is 0. The first-order valence-electron chi connectivity index (χ1n) is 8.39. The maximum absolute atomic E-state index is 13.4. The molecule has 0 spiro atoms. The van der Waals surface area contributed by atoms with E-state index >= 15 is 0 Å². The number of rotatable bonds is 10. The lowest BCUT2D eigenvalue weighted by atomic mass is 9.94. The van der Waals surface area contributed by atoms with Crippen molar-refractivity contribution in [1.82, 2.24) is 0 Å². The Kier molecular flexibility index (Phi) is 7.99. The maximum Gasteiger partial charge on any atom is 0.460 e. The van der Waals surface area contributed by atoms with Crippen molar-refractivity contribution in [3.63, 3.8) is 0 Å². The summed E-state index contributed by atoms with van der Waals surface area (Å²) >= 11 is 0. The van der Waals surface area contributed by atoms with Crippen LogP contribution in [0.4, 0.5) is 48.3 Å². The molecule has 0 aromatic heterocycles. The van der Waals surface area contributed by atoms with E-state index in [1.54, 1.807) is 0 Å². The molecule has 0 saturated carbocycles. The van der Waals surface area contributed by atoms with Gasteiger partial charge in [0, 0.05) is 19.6 Å². The summed E-state index contributed by atoms with van der Waals surface area (Å²) in [5, 5.41) is 0. The van der Waals surface area contributed by atoms with Gasteiger partial charge in [0.2, 0.25) is 0 Å². The Bertz CT molecular complexity index is 485. The molecule has 168 valence electrons. The van der Waals surface area contributed by atoms with E-state index in [0.717, 1.165) is 12.8 Å². The van der Waals surface area contributed by atoms with Crippen LogP contribution in [0.3, 0.4) is 0 Å². The Balaban J connectivity index is 2.56. The molecule has 0 aromatic carbocycles. The predicted octanol–water partition coefficient (Wildman–Crippen LogP) is 6.19. The quantitative estimate of drug-likeness (QED) is 0.298. The van der Waals surface area contributed by atoms with Gasteiger partial charge in [-0.15, -0.1) is 0 Å². The Morgan fingerprint density at radius 1 is 0.714 bits per heavy atom. The third-order valence-electron chi connectivity index (χ3n) is 4.18. The largest absolute Gasteiger partial charge is 0.460 e. The third kappa shape index (κ3) is 5.19. The van der Waals surface area contributed by atoms with Gasteiger partial charge in [-0.2, -0.15) is 48.3 Å². The van der Waals surface area contributed by atoms with E-state index in [-0.39, 0.29) is 19.4 Å². The molecule has 1 rings (SSSR count). The van der Waals surface area contributed by atoms with Gasteiger partial charge in [-0.3, -0.25) is 0 Å². The molecule has 1 heterocycles. The predicted molar refractivity (Wildman–Crippen MR) is 73.9 cm³/mol. The van der Waals surface area contributed by atoms with Crippen LogP contribution in [0.15, 0.2) is 0 Å². The number of ether oxygens (including phenoxy) is 2. The van der Waals surface area contributed by atoms with Crippen molar-refractivity contribution in [1.29, 1.82) is 0 Å². The number of alkyl halides is 11. The average molecular weight is 440 g/mol. The lowest BCUT2D eigenvalue weighted by Crippen LogP contribution is -2.66. The fraction of sp³-hybridized carbons (Fsp3) is 1.00. The summed E-state index contributed by atoms with van der Waals surface area (Å²) in [5.74, 6) is -27.4. The number of hydrogen-bond acceptors (Lipinski definition) is 2. The van der Waals surface area contributed by atoms with E-state index < -0.39 is 49.0 Å². The molecule has 1 atom stereocenters. The lowest BCUT2D eigenvalue weighted by Gasteiger charge is -2.37. The van der Waals surface area contributed by atoms with Crippen LogP contribution >= 0.6 is 0 Å². The van der Waals surface area contributed by atoms with Crippen molar-refractivity contribution in [3.8, 4) is 0 Å². The van der Waals surface area contributed by atoms with Gasteiger partial charge in [0.15, 0.2) is 6.29 Å². The number of unbranched alkanes of at least 4 members (excludes halogenated alkanes) is 2. The molecule has 0 radical (unpaired) electrons. The molecule has 1 saturated heterocycles. The minimum Gasteiger partial charge on any atom is -0.353 e. The monoisotopic (exact) mass is 440 g/mol. The van der Waals surface area contributed by atoms with E-state index in [0.29, 0.717) is 13.0 Å². The molecular weight excluding hydrogens is 421 g/mol. The second-order valence-electron chi connectivity index (χ2n) is 6.40. The summed E-state index contributed by atoms with van der Waals surface area (Å²) in [4.78, 5) is 0. The van der Waals surface area contributed by atoms with Crippen LogP contribution in [0.2, 0.25) is 0 Å². The van der Waals surface area contributed by atoms with E-state index in [1.807, 2.05) is 0 Å². The fourth-order valence-corrected chi connectivity index (χ4v) is 2.45. The van der Waals surface area contributed by atoms with Crippen LogP contribution in [0.1, 0.15) is 44.9 Å². The maximum atomic E-state index is 13.4. The Morgan fingerprint density at radius 2 is 1.32 bits per heavy atom. The molecule has 13 heteroatoms. The molecule has 1 aliphatic rings. The first-order valence-corrected chi connectivity index (χ1v) is 8.39. The van der Waals surface area contributed by atoms with Crippen LogP contribution < -0.4 is 0 Å². The zero-order chi connectivity index (χ0) is 21.9. The third-order valence-corrected chi connectivity index (χ3v) is 4.18. The molecule has 2 nitrogen and oxygen atoms in total. The zero-order valence-electron chi connectivity index (χ0n) is 14.4. The Labute approximate surface area is 153 Å². The van der Waals surface area contributed by atoms with E-state index in [4.69, 9.17) is 9.47 Å². The smallest absolute Gasteiger partial charge is 0.353 e. The van der Waals surface area contributed by atoms with E-state index in [2.05, 4.69) is 0 Å². The highest BCUT2D eigenvalue weighted by molar-refractivity contribution is 5.06. The van der Waals surface area contributed by atoms with Crippen molar-refractivity contribution in [2.45, 2.75) is 81.1 Å². The second-order valence-corrected chi connectivity index (χ2v) is 6.40. The van der Waals surface area contributed by atoms with Gasteiger partial charge in [-0.1, -0.05) is 6.42 Å². The first kappa shape index (κ1) is 25.2. The van der Waals surface area contributed by atoms with Gasteiger partial charge < -0.3 is 9.47 Å². The van der Waals surface area contributed by atoms with E-state index in [9.17, 15) is 48.3 Å². The molecule has 0 amide bonds. The van der Waals surface area contributed by atoms with Crippen molar-refractivity contribution in [2.24, 2.45) is 0 Å². The molecule has 0 aliphatic carbocycles. The molecule has 1 aliphatic heterocycles. The molecule has 1 fully saturated rings. The average Bonchev–Trinajstić information content (AvgIpc) is 2.57. The van der Waals surface area contributed by atoms with Crippen LogP contribution in [0.5, 0.6) is 0 Å². The van der Waals surface area contributed by atoms with Crippen LogP contribution in [-0.4, -0.2) is 49.4 Å². The summed E-state index contributed by atoms with van der Waals surface area (Å²) in [6, 6.07) is 0. The highest BCUT2D eigenvalue weighted by atomic mass is 19.4. The van der Waals surface area contributed by atoms with Gasteiger partial charge in [-0.25, -0.2) is 0 Å². The first-order chi connectivity index (χ1) is 12.6. The fourth-order valence-electron chi connectivity index (χ4n) is 2.45. The second kappa shape index (κ2) is 8.88. The highest BCUT2D eigenvalue weighted by Crippen LogP contribution is 2.58. The summed E-state index contributed by atoms with van der Waals surface area (Å²) in [6.45, 7) is 0.470. The minimum atomic E-state index is -7.33. The van der Waals surface area contributed by atoms with Gasteiger partial charge in [-0.05, 0) is 32.1 Å². The number of hydrogen-bond donors (Lipinski definition) is 0. The van der Waals surface area contributed by atoms with Crippen LogP contribution in [0.25, 0.3) is 0 Å². The number of halogens is 11. The molecule has 0 bridgehead atoms. The molecule has 28 heavy (non-hydrogen) atoms. The van der Waals surface area contributed by atoms with Crippen molar-refractivity contribution in [3.05, 3.63) is 0 Å². The summed E-state index contributed by atoms with van der Waals surface area (Å²) in [6.07, 6.45) is -8.31. The summed E-state index contributed by atoms with van der Waals surface area (Å²) in [5.41, 5.74) is 0. The van der Waals surface area contributed by atoms with Crippen molar-refractivity contribution >= 4 is 0 Å². The highest BCUT2D eigenvalue weighted by Gasteiger charge is 2.86. The van der Waals surface area contributed by atoms with Crippen molar-refractivity contribution < 1.29 is 57.8 Å². The van der Waals surface area contributed by atoms with Gasteiger partial charge in [0.25, 0.3) is 0 Å². The van der Waals surface area contributed by atoms with Gasteiger partial charge >= 0.3 is 29.9 Å². The molecule has 0 aromatic rings. The van der Waals surface area contributed by atoms with E-state index in [1.165, 1.54) is 0 Å². The van der Waals surface area contributed by atoms with Crippen LogP contribution in [0, 0.1) is 0 Å². The Hall–Kier alpha value is -0.850. The molecular formula is C15H19F11O2. The van der Waals surface area contributed by atoms with Gasteiger partial charge in [0.05, 0.1) is 0 Å². The van der Waals surface area contributed by atoms with Crippen LogP contribution in [-0.2, 0) is 9.47 Å². The molecule has 1 unspecified atom stereocenters. The van der Waals surface area contributed by atoms with Gasteiger partial charge in [0.1, 0.15) is 0 Å². The summed E-state index contributed by atoms with van der Waals surface area (Å²) < 4.78 is 151. The topological polar surface area (TPSA) is 18.5 Å². The normalized spacial score (nSPS) is 20.5. The lowest BCUT2D eigenvalue weighted by molar-refractivity contribution is -0.422. The zero-order valence-corrected chi connectivity index (χ0v) is 14.4. The van der Waals surface area contributed by atoms with Crippen molar-refractivity contribution in [2.75, 3.05) is 13.2 Å². The minimum absolute atomic E-state index is 0.00502.